The lowest BCUT2D eigenvalue weighted by atomic mass is 10.1. The summed E-state index contributed by atoms with van der Waals surface area (Å²) in [5, 5.41) is 8.67. The standard InChI is InChI=1S/C14H17Cl3IN3OS/c1-8(2)7-11(22)20-12(14(15,16)17)21-13(23)19-10-5-3-9(18)4-6-10/h3-6,8,12H,7H2,1-2H3,(H,20,22)(H2,19,21,23). The summed E-state index contributed by atoms with van der Waals surface area (Å²) in [5.41, 5.74) is 0.791. The molecule has 128 valence electrons. The number of amides is 1. The SMILES string of the molecule is CC(C)CC(=O)NC(NC(=S)Nc1ccc(I)cc1)C(Cl)(Cl)Cl. The molecule has 9 heteroatoms. The number of carbonyl (C=O) groups excluding carboxylic acids is 1. The van der Waals surface area contributed by atoms with Gasteiger partial charge in [0.25, 0.3) is 0 Å². The Bertz CT molecular complexity index is 549. The third kappa shape index (κ3) is 8.58. The number of thiocarbonyl (C=S) groups is 1. The van der Waals surface area contributed by atoms with Crippen molar-refractivity contribution < 1.29 is 4.79 Å². The van der Waals surface area contributed by atoms with Crippen molar-refractivity contribution >= 4 is 86.3 Å². The van der Waals surface area contributed by atoms with E-state index in [0.717, 1.165) is 9.26 Å². The van der Waals surface area contributed by atoms with Crippen LogP contribution in [0.3, 0.4) is 0 Å². The van der Waals surface area contributed by atoms with Crippen LogP contribution in [0.2, 0.25) is 0 Å². The topological polar surface area (TPSA) is 53.2 Å². The fourth-order valence-corrected chi connectivity index (χ4v) is 2.54. The van der Waals surface area contributed by atoms with Gasteiger partial charge in [0.1, 0.15) is 6.17 Å². The van der Waals surface area contributed by atoms with Crippen molar-refractivity contribution in [3.05, 3.63) is 27.8 Å². The maximum absolute atomic E-state index is 11.9. The van der Waals surface area contributed by atoms with Crippen molar-refractivity contribution in [2.75, 3.05) is 5.32 Å². The van der Waals surface area contributed by atoms with E-state index < -0.39 is 9.96 Å². The lowest BCUT2D eigenvalue weighted by Crippen LogP contribution is -2.56. The van der Waals surface area contributed by atoms with Gasteiger partial charge < -0.3 is 16.0 Å². The highest BCUT2D eigenvalue weighted by Crippen LogP contribution is 2.29. The summed E-state index contributed by atoms with van der Waals surface area (Å²) in [5.74, 6) is -0.0243. The Labute approximate surface area is 170 Å². The van der Waals surface area contributed by atoms with Gasteiger partial charge >= 0.3 is 0 Å². The maximum Gasteiger partial charge on any atom is 0.228 e. The molecule has 1 aromatic carbocycles. The number of alkyl halides is 3. The van der Waals surface area contributed by atoms with Gasteiger partial charge in [-0.05, 0) is 65.0 Å². The van der Waals surface area contributed by atoms with E-state index in [4.69, 9.17) is 47.0 Å². The zero-order valence-electron chi connectivity index (χ0n) is 12.5. The van der Waals surface area contributed by atoms with Gasteiger partial charge in [-0.25, -0.2) is 0 Å². The minimum absolute atomic E-state index is 0.197. The van der Waals surface area contributed by atoms with E-state index in [0.29, 0.717) is 6.42 Å². The first-order valence-corrected chi connectivity index (χ1v) is 9.39. The molecule has 0 spiro atoms. The van der Waals surface area contributed by atoms with Gasteiger partial charge in [0.15, 0.2) is 5.11 Å². The number of carbonyl (C=O) groups is 1. The predicted molar refractivity (Wildman–Crippen MR) is 110 cm³/mol. The molecule has 4 nitrogen and oxygen atoms in total. The predicted octanol–water partition coefficient (Wildman–Crippen LogP) is 4.44. The van der Waals surface area contributed by atoms with Crippen molar-refractivity contribution in [1.29, 1.82) is 0 Å². The van der Waals surface area contributed by atoms with Crippen LogP contribution in [0.4, 0.5) is 5.69 Å². The summed E-state index contributed by atoms with van der Waals surface area (Å²) in [4.78, 5) is 11.9. The maximum atomic E-state index is 11.9. The van der Waals surface area contributed by atoms with E-state index in [9.17, 15) is 4.79 Å². The largest absolute Gasteiger partial charge is 0.339 e. The van der Waals surface area contributed by atoms with Crippen molar-refractivity contribution in [1.82, 2.24) is 10.6 Å². The summed E-state index contributed by atoms with van der Waals surface area (Å²) >= 11 is 25.1. The molecule has 0 aliphatic rings. The molecule has 23 heavy (non-hydrogen) atoms. The smallest absolute Gasteiger partial charge is 0.228 e. The molecule has 0 radical (unpaired) electrons. The van der Waals surface area contributed by atoms with Gasteiger partial charge in [-0.2, -0.15) is 0 Å². The number of nitrogens with one attached hydrogen (secondary N) is 3. The second kappa shape index (κ2) is 9.46. The number of benzene rings is 1. The second-order valence-corrected chi connectivity index (χ2v) is 9.27. The molecule has 1 unspecified atom stereocenters. The van der Waals surface area contributed by atoms with Gasteiger partial charge in [-0.3, -0.25) is 4.79 Å². The van der Waals surface area contributed by atoms with Gasteiger partial charge in [0.2, 0.25) is 9.70 Å². The average molecular weight is 509 g/mol. The van der Waals surface area contributed by atoms with Gasteiger partial charge in [0.05, 0.1) is 0 Å². The molecular weight excluding hydrogens is 492 g/mol. The number of hydrogen-bond donors (Lipinski definition) is 3. The van der Waals surface area contributed by atoms with E-state index >= 15 is 0 Å². The molecule has 1 rings (SSSR count). The lowest BCUT2D eigenvalue weighted by Gasteiger charge is -2.28. The Morgan fingerprint density at radius 2 is 1.78 bits per heavy atom. The van der Waals surface area contributed by atoms with Crippen molar-refractivity contribution in [3.8, 4) is 0 Å². The molecule has 0 saturated carbocycles. The Balaban J connectivity index is 2.67. The van der Waals surface area contributed by atoms with E-state index in [1.807, 2.05) is 38.1 Å². The van der Waals surface area contributed by atoms with Crippen LogP contribution in [-0.4, -0.2) is 21.0 Å². The molecule has 0 saturated heterocycles. The van der Waals surface area contributed by atoms with Crippen molar-refractivity contribution in [3.63, 3.8) is 0 Å². The van der Waals surface area contributed by atoms with Crippen LogP contribution in [0.25, 0.3) is 0 Å². The van der Waals surface area contributed by atoms with Crippen LogP contribution in [0.1, 0.15) is 20.3 Å². The first kappa shape index (κ1) is 21.0. The summed E-state index contributed by atoms with van der Waals surface area (Å²) in [7, 11) is 0. The monoisotopic (exact) mass is 507 g/mol. The molecule has 0 aliphatic heterocycles. The summed E-state index contributed by atoms with van der Waals surface area (Å²) in [6.45, 7) is 3.86. The second-order valence-electron chi connectivity index (χ2n) is 5.25. The molecule has 0 fully saturated rings. The Hall–Kier alpha value is -0.0200. The normalized spacial score (nSPS) is 12.7. The molecular formula is C14H17Cl3IN3OS. The van der Waals surface area contributed by atoms with Crippen molar-refractivity contribution in [2.45, 2.75) is 30.2 Å². The van der Waals surface area contributed by atoms with Gasteiger partial charge in [0, 0.05) is 15.7 Å². The first-order valence-electron chi connectivity index (χ1n) is 6.77. The Kier molecular flexibility index (Phi) is 8.65. The van der Waals surface area contributed by atoms with Crippen LogP contribution in [0, 0.1) is 9.49 Å². The van der Waals surface area contributed by atoms with Crippen molar-refractivity contribution in [2.24, 2.45) is 5.92 Å². The lowest BCUT2D eigenvalue weighted by molar-refractivity contribution is -0.122. The Morgan fingerprint density at radius 1 is 1.22 bits per heavy atom. The van der Waals surface area contributed by atoms with Crippen LogP contribution in [-0.2, 0) is 4.79 Å². The highest BCUT2D eigenvalue weighted by molar-refractivity contribution is 14.1. The summed E-state index contributed by atoms with van der Waals surface area (Å²) in [6, 6.07) is 7.61. The van der Waals surface area contributed by atoms with Crippen LogP contribution in [0.5, 0.6) is 0 Å². The molecule has 0 aliphatic carbocycles. The van der Waals surface area contributed by atoms with Gasteiger partial charge in [-0.1, -0.05) is 48.7 Å². The molecule has 1 atom stereocenters. The average Bonchev–Trinajstić information content (AvgIpc) is 2.38. The van der Waals surface area contributed by atoms with Crippen LogP contribution >= 0.6 is 69.6 Å². The quantitative estimate of drug-likeness (QED) is 0.238. The number of anilines is 1. The molecule has 3 N–H and O–H groups in total. The number of rotatable bonds is 5. The first-order chi connectivity index (χ1) is 10.6. The third-order valence-electron chi connectivity index (χ3n) is 2.60. The van der Waals surface area contributed by atoms with E-state index in [-0.39, 0.29) is 16.9 Å². The fraction of sp³-hybridized carbons (Fsp3) is 0.429. The van der Waals surface area contributed by atoms with E-state index in [2.05, 4.69) is 38.5 Å². The highest BCUT2D eigenvalue weighted by atomic mass is 127. The minimum atomic E-state index is -1.75. The van der Waals surface area contributed by atoms with Crippen LogP contribution < -0.4 is 16.0 Å². The molecule has 0 aromatic heterocycles. The highest BCUT2D eigenvalue weighted by Gasteiger charge is 2.34. The molecule has 1 amide bonds. The third-order valence-corrected chi connectivity index (χ3v) is 4.20. The summed E-state index contributed by atoms with van der Waals surface area (Å²) in [6.07, 6.45) is -0.612. The Morgan fingerprint density at radius 3 is 2.26 bits per heavy atom. The molecule has 1 aromatic rings. The van der Waals surface area contributed by atoms with E-state index in [1.165, 1.54) is 0 Å². The van der Waals surface area contributed by atoms with E-state index in [1.54, 1.807) is 0 Å². The zero-order valence-corrected chi connectivity index (χ0v) is 17.7. The summed E-state index contributed by atoms with van der Waals surface area (Å²) < 4.78 is -0.642. The molecule has 0 bridgehead atoms. The van der Waals surface area contributed by atoms with Gasteiger partial charge in [-0.15, -0.1) is 0 Å². The minimum Gasteiger partial charge on any atom is -0.339 e. The number of hydrogen-bond acceptors (Lipinski definition) is 2. The fourth-order valence-electron chi connectivity index (χ4n) is 1.62. The molecule has 0 heterocycles. The zero-order chi connectivity index (χ0) is 17.6. The van der Waals surface area contributed by atoms with Crippen LogP contribution in [0.15, 0.2) is 24.3 Å². The number of halogens is 4.